The fourth-order valence-electron chi connectivity index (χ4n) is 2.03. The average Bonchev–Trinajstić information content (AvgIpc) is 3.00. The Morgan fingerprint density at radius 1 is 1.33 bits per heavy atom. The van der Waals surface area contributed by atoms with Gasteiger partial charge in [0.2, 0.25) is 11.8 Å². The quantitative estimate of drug-likeness (QED) is 0.783. The van der Waals surface area contributed by atoms with Gasteiger partial charge >= 0.3 is 0 Å². The lowest BCUT2D eigenvalue weighted by Gasteiger charge is -2.20. The number of para-hydroxylation sites is 1. The van der Waals surface area contributed by atoms with E-state index in [1.165, 1.54) is 11.3 Å². The van der Waals surface area contributed by atoms with Crippen LogP contribution in [0.4, 0.5) is 10.8 Å². The molecule has 0 bridgehead atoms. The molecule has 2 amide bonds. The van der Waals surface area contributed by atoms with Gasteiger partial charge in [0.15, 0.2) is 5.13 Å². The molecule has 0 radical (unpaired) electrons. The molecule has 1 heterocycles. The van der Waals surface area contributed by atoms with Crippen molar-refractivity contribution in [1.29, 1.82) is 0 Å². The van der Waals surface area contributed by atoms with Gasteiger partial charge in [0.1, 0.15) is 0 Å². The Morgan fingerprint density at radius 3 is 2.67 bits per heavy atom. The minimum Gasteiger partial charge on any atom is -0.308 e. The number of carbonyl (C=O) groups is 2. The Balaban J connectivity index is 2.06. The smallest absolute Gasteiger partial charge is 0.233 e. The van der Waals surface area contributed by atoms with Gasteiger partial charge in [-0.15, -0.1) is 17.9 Å². The van der Waals surface area contributed by atoms with Crippen molar-refractivity contribution in [2.45, 2.75) is 20.3 Å². The van der Waals surface area contributed by atoms with Gasteiger partial charge in [-0.05, 0) is 12.1 Å². The van der Waals surface area contributed by atoms with Crippen molar-refractivity contribution in [3.63, 3.8) is 0 Å². The minimum atomic E-state index is -0.111. The molecule has 0 saturated heterocycles. The topological polar surface area (TPSA) is 62.3 Å². The van der Waals surface area contributed by atoms with Crippen molar-refractivity contribution in [3.8, 4) is 0 Å². The molecule has 0 aliphatic carbocycles. The first-order valence-electron chi connectivity index (χ1n) is 7.73. The highest BCUT2D eigenvalue weighted by Crippen LogP contribution is 2.19. The van der Waals surface area contributed by atoms with Crippen LogP contribution in [-0.4, -0.2) is 23.3 Å². The summed E-state index contributed by atoms with van der Waals surface area (Å²) in [5.74, 6) is -0.256. The van der Waals surface area contributed by atoms with Crippen LogP contribution >= 0.6 is 11.3 Å². The monoisotopic (exact) mass is 343 g/mol. The van der Waals surface area contributed by atoms with E-state index in [0.717, 1.165) is 5.69 Å². The maximum Gasteiger partial charge on any atom is 0.233 e. The molecular weight excluding hydrogens is 322 g/mol. The Kier molecular flexibility index (Phi) is 6.26. The highest BCUT2D eigenvalue weighted by Gasteiger charge is 2.17. The average molecular weight is 343 g/mol. The lowest BCUT2D eigenvalue weighted by molar-refractivity contribution is -0.119. The van der Waals surface area contributed by atoms with E-state index in [2.05, 4.69) is 16.9 Å². The maximum atomic E-state index is 12.6. The molecule has 0 aliphatic heterocycles. The number of nitrogens with zero attached hydrogens (tertiary/aromatic N) is 2. The fourth-order valence-corrected chi connectivity index (χ4v) is 2.75. The highest BCUT2D eigenvalue weighted by atomic mass is 32.1. The lowest BCUT2D eigenvalue weighted by atomic mass is 10.2. The molecule has 0 saturated carbocycles. The van der Waals surface area contributed by atoms with Crippen LogP contribution in [0.25, 0.3) is 0 Å². The van der Waals surface area contributed by atoms with Crippen LogP contribution in [0.3, 0.4) is 0 Å². The van der Waals surface area contributed by atoms with Gasteiger partial charge in [0, 0.05) is 23.5 Å². The predicted molar refractivity (Wildman–Crippen MR) is 98.3 cm³/mol. The van der Waals surface area contributed by atoms with Crippen LogP contribution in [0.2, 0.25) is 0 Å². The van der Waals surface area contributed by atoms with E-state index < -0.39 is 0 Å². The highest BCUT2D eigenvalue weighted by molar-refractivity contribution is 7.13. The molecule has 126 valence electrons. The zero-order chi connectivity index (χ0) is 17.5. The molecule has 0 fully saturated rings. The minimum absolute atomic E-state index is 0.0619. The van der Waals surface area contributed by atoms with E-state index in [-0.39, 0.29) is 24.2 Å². The van der Waals surface area contributed by atoms with Crippen LogP contribution in [0.15, 0.2) is 48.4 Å². The molecule has 0 spiro atoms. The number of hydrogen-bond acceptors (Lipinski definition) is 4. The van der Waals surface area contributed by atoms with Gasteiger partial charge in [0.25, 0.3) is 0 Å². The molecule has 2 aromatic rings. The first kappa shape index (κ1) is 17.9. The standard InChI is InChI=1S/C18H21N3O2S/c1-4-10-21(15-8-6-5-7-9-15)16(22)11-14-12-24-18(19-14)20-17(23)13(2)3/h4-9,12-13H,1,10-11H2,2-3H3,(H,19,20,23). The zero-order valence-electron chi connectivity index (χ0n) is 13.9. The summed E-state index contributed by atoms with van der Waals surface area (Å²) in [7, 11) is 0. The molecule has 5 nitrogen and oxygen atoms in total. The summed E-state index contributed by atoms with van der Waals surface area (Å²) in [4.78, 5) is 30.3. The molecule has 1 aromatic carbocycles. The normalized spacial score (nSPS) is 10.5. The molecule has 0 unspecified atom stereocenters. The lowest BCUT2D eigenvalue weighted by Crippen LogP contribution is -2.32. The van der Waals surface area contributed by atoms with Gasteiger partial charge in [0.05, 0.1) is 12.1 Å². The fraction of sp³-hybridized carbons (Fsp3) is 0.278. The van der Waals surface area contributed by atoms with Crippen LogP contribution in [0.5, 0.6) is 0 Å². The summed E-state index contributed by atoms with van der Waals surface area (Å²) in [5, 5.41) is 5.06. The van der Waals surface area contributed by atoms with Gasteiger partial charge in [-0.1, -0.05) is 38.1 Å². The summed E-state index contributed by atoms with van der Waals surface area (Å²) in [6.45, 7) is 7.79. The van der Waals surface area contributed by atoms with Crippen LogP contribution in [0.1, 0.15) is 19.5 Å². The van der Waals surface area contributed by atoms with E-state index in [4.69, 9.17) is 0 Å². The molecule has 2 rings (SSSR count). The molecule has 6 heteroatoms. The van der Waals surface area contributed by atoms with Gasteiger partial charge in [-0.25, -0.2) is 4.98 Å². The number of thiazole rings is 1. The number of aromatic nitrogens is 1. The van der Waals surface area contributed by atoms with E-state index >= 15 is 0 Å². The summed E-state index contributed by atoms with van der Waals surface area (Å²) in [6, 6.07) is 9.46. The van der Waals surface area contributed by atoms with E-state index in [1.54, 1.807) is 16.4 Å². The number of benzene rings is 1. The molecule has 0 atom stereocenters. The van der Waals surface area contributed by atoms with Crippen LogP contribution < -0.4 is 10.2 Å². The largest absolute Gasteiger partial charge is 0.308 e. The number of amides is 2. The first-order valence-corrected chi connectivity index (χ1v) is 8.60. The van der Waals surface area contributed by atoms with Crippen molar-refractivity contribution in [2.75, 3.05) is 16.8 Å². The van der Waals surface area contributed by atoms with E-state index in [9.17, 15) is 9.59 Å². The molecule has 24 heavy (non-hydrogen) atoms. The molecule has 0 aliphatic rings. The third-order valence-electron chi connectivity index (χ3n) is 3.32. The number of rotatable bonds is 7. The van der Waals surface area contributed by atoms with Crippen LogP contribution in [-0.2, 0) is 16.0 Å². The van der Waals surface area contributed by atoms with Crippen molar-refractivity contribution in [2.24, 2.45) is 5.92 Å². The Bertz CT molecular complexity index is 710. The van der Waals surface area contributed by atoms with Crippen molar-refractivity contribution >= 4 is 34.0 Å². The van der Waals surface area contributed by atoms with Gasteiger partial charge < -0.3 is 10.2 Å². The number of anilines is 2. The summed E-state index contributed by atoms with van der Waals surface area (Å²) >= 11 is 1.32. The number of carbonyl (C=O) groups excluding carboxylic acids is 2. The molecule has 1 aromatic heterocycles. The SMILES string of the molecule is C=CCN(C(=O)Cc1csc(NC(=O)C(C)C)n1)c1ccccc1. The Hall–Kier alpha value is -2.47. The summed E-state index contributed by atoms with van der Waals surface area (Å²) in [6.07, 6.45) is 1.87. The molecular formula is C18H21N3O2S. The van der Waals surface area contributed by atoms with Gasteiger partial charge in [-0.3, -0.25) is 9.59 Å². The third kappa shape index (κ3) is 4.76. The summed E-state index contributed by atoms with van der Waals surface area (Å²) < 4.78 is 0. The second-order valence-electron chi connectivity index (χ2n) is 5.59. The first-order chi connectivity index (χ1) is 11.5. The zero-order valence-corrected chi connectivity index (χ0v) is 14.7. The van der Waals surface area contributed by atoms with E-state index in [0.29, 0.717) is 17.4 Å². The summed E-state index contributed by atoms with van der Waals surface area (Å²) in [5.41, 5.74) is 1.47. The number of hydrogen-bond donors (Lipinski definition) is 1. The van der Waals surface area contributed by atoms with Crippen molar-refractivity contribution in [3.05, 3.63) is 54.1 Å². The second kappa shape index (κ2) is 8.40. The molecule has 1 N–H and O–H groups in total. The maximum absolute atomic E-state index is 12.6. The number of nitrogens with one attached hydrogen (secondary N) is 1. The Morgan fingerprint density at radius 2 is 2.04 bits per heavy atom. The van der Waals surface area contributed by atoms with Crippen molar-refractivity contribution < 1.29 is 9.59 Å². The third-order valence-corrected chi connectivity index (χ3v) is 4.13. The van der Waals surface area contributed by atoms with Crippen LogP contribution in [0, 0.1) is 5.92 Å². The Labute approximate surface area is 146 Å². The van der Waals surface area contributed by atoms with Crippen molar-refractivity contribution in [1.82, 2.24) is 4.98 Å². The predicted octanol–water partition coefficient (Wildman–Crippen LogP) is 3.50. The second-order valence-corrected chi connectivity index (χ2v) is 6.45. The van der Waals surface area contributed by atoms with E-state index in [1.807, 2.05) is 44.2 Å². The van der Waals surface area contributed by atoms with Gasteiger partial charge in [-0.2, -0.15) is 0 Å².